The summed E-state index contributed by atoms with van der Waals surface area (Å²) in [5, 5.41) is 3.02. The average molecular weight is 448 g/mol. The van der Waals surface area contributed by atoms with Crippen LogP contribution in [0.1, 0.15) is 24.0 Å². The van der Waals surface area contributed by atoms with Crippen LogP contribution in [0.4, 0.5) is 24.7 Å². The molecule has 0 bridgehead atoms. The Labute approximate surface area is 185 Å². The van der Waals surface area contributed by atoms with E-state index in [0.29, 0.717) is 39.1 Å². The number of rotatable bonds is 5. The van der Waals surface area contributed by atoms with Gasteiger partial charge in [-0.2, -0.15) is 13.2 Å². The smallest absolute Gasteiger partial charge is 0.379 e. The topological polar surface area (TPSA) is 57.7 Å². The lowest BCUT2D eigenvalue weighted by Crippen LogP contribution is -2.42. The summed E-state index contributed by atoms with van der Waals surface area (Å²) in [6, 6.07) is 9.99. The van der Waals surface area contributed by atoms with Crippen LogP contribution < -0.4 is 10.2 Å². The monoisotopic (exact) mass is 448 g/mol. The molecule has 0 aliphatic carbocycles. The third kappa shape index (κ3) is 5.39. The van der Waals surface area contributed by atoms with Gasteiger partial charge in [0.25, 0.3) is 0 Å². The second-order valence-corrected chi connectivity index (χ2v) is 8.19. The molecule has 1 amide bonds. The van der Waals surface area contributed by atoms with Gasteiger partial charge in [0.1, 0.15) is 5.82 Å². The third-order valence-corrected chi connectivity index (χ3v) is 5.96. The van der Waals surface area contributed by atoms with Crippen molar-refractivity contribution in [3.63, 3.8) is 0 Å². The minimum absolute atomic E-state index is 0.106. The van der Waals surface area contributed by atoms with Crippen LogP contribution in [-0.4, -0.2) is 55.2 Å². The van der Waals surface area contributed by atoms with Gasteiger partial charge < -0.3 is 15.0 Å². The van der Waals surface area contributed by atoms with Gasteiger partial charge in [0.2, 0.25) is 5.91 Å². The zero-order chi connectivity index (χ0) is 22.6. The molecule has 32 heavy (non-hydrogen) atoms. The molecule has 172 valence electrons. The lowest BCUT2D eigenvalue weighted by molar-refractivity contribution is -0.137. The zero-order valence-electron chi connectivity index (χ0n) is 17.8. The van der Waals surface area contributed by atoms with E-state index in [1.165, 1.54) is 12.3 Å². The van der Waals surface area contributed by atoms with Crippen molar-refractivity contribution in [3.8, 4) is 0 Å². The molecule has 0 spiro atoms. The first-order valence-electron chi connectivity index (χ1n) is 10.9. The van der Waals surface area contributed by atoms with E-state index in [0.717, 1.165) is 30.4 Å². The van der Waals surface area contributed by atoms with Crippen molar-refractivity contribution in [2.45, 2.75) is 25.6 Å². The second-order valence-electron chi connectivity index (χ2n) is 8.19. The summed E-state index contributed by atoms with van der Waals surface area (Å²) in [5.41, 5.74) is 0.992. The average Bonchev–Trinajstić information content (AvgIpc) is 2.80. The van der Waals surface area contributed by atoms with Gasteiger partial charge in [-0.3, -0.25) is 9.69 Å². The van der Waals surface area contributed by atoms with Crippen molar-refractivity contribution in [2.24, 2.45) is 5.92 Å². The molecule has 3 heterocycles. The number of carbonyl (C=O) groups excluding carboxylic acids is 1. The maximum Gasteiger partial charge on any atom is 0.419 e. The van der Waals surface area contributed by atoms with E-state index >= 15 is 0 Å². The minimum atomic E-state index is -4.49. The van der Waals surface area contributed by atoms with E-state index < -0.39 is 17.7 Å². The minimum Gasteiger partial charge on any atom is -0.379 e. The fourth-order valence-corrected chi connectivity index (χ4v) is 4.27. The molecule has 2 saturated heterocycles. The first kappa shape index (κ1) is 22.5. The van der Waals surface area contributed by atoms with Crippen molar-refractivity contribution >= 4 is 17.4 Å². The number of morpholine rings is 1. The Morgan fingerprint density at radius 2 is 1.91 bits per heavy atom. The van der Waals surface area contributed by atoms with Crippen LogP contribution in [0.15, 0.2) is 42.6 Å². The van der Waals surface area contributed by atoms with Crippen LogP contribution in [-0.2, 0) is 22.3 Å². The zero-order valence-corrected chi connectivity index (χ0v) is 17.8. The number of nitrogens with zero attached hydrogens (tertiary/aromatic N) is 3. The van der Waals surface area contributed by atoms with Gasteiger partial charge in [0, 0.05) is 44.6 Å². The number of benzene rings is 1. The van der Waals surface area contributed by atoms with Gasteiger partial charge in [-0.15, -0.1) is 0 Å². The Balaban J connectivity index is 1.45. The maximum absolute atomic E-state index is 13.4. The number of hydrogen-bond acceptors (Lipinski definition) is 5. The number of para-hydroxylation sites is 1. The summed E-state index contributed by atoms with van der Waals surface area (Å²) in [6.07, 6.45) is -1.88. The second kappa shape index (κ2) is 9.87. The fourth-order valence-electron chi connectivity index (χ4n) is 4.27. The van der Waals surface area contributed by atoms with Crippen LogP contribution in [0.3, 0.4) is 0 Å². The van der Waals surface area contributed by atoms with Gasteiger partial charge in [-0.25, -0.2) is 4.98 Å². The van der Waals surface area contributed by atoms with Gasteiger partial charge >= 0.3 is 6.18 Å². The summed E-state index contributed by atoms with van der Waals surface area (Å²) in [6.45, 7) is 4.42. The standard InChI is InChI=1S/C23H27F3N4O2/c24-23(25,26)19-7-3-9-27-21(19)30-10-4-6-18(16-30)22(31)28-20-8-2-1-5-17(20)15-29-11-13-32-14-12-29/h1-3,5,7-9,18H,4,6,10-16H2,(H,28,31). The molecule has 2 fully saturated rings. The highest BCUT2D eigenvalue weighted by Gasteiger charge is 2.37. The van der Waals surface area contributed by atoms with Crippen molar-refractivity contribution in [1.82, 2.24) is 9.88 Å². The number of nitrogens with one attached hydrogen (secondary N) is 1. The Morgan fingerprint density at radius 1 is 1.12 bits per heavy atom. The predicted octanol–water partition coefficient (Wildman–Crippen LogP) is 3.79. The SMILES string of the molecule is O=C(Nc1ccccc1CN1CCOCC1)C1CCCN(c2ncccc2C(F)(F)F)C1. The van der Waals surface area contributed by atoms with Crippen LogP contribution >= 0.6 is 0 Å². The van der Waals surface area contributed by atoms with E-state index in [9.17, 15) is 18.0 Å². The van der Waals surface area contributed by atoms with Crippen LogP contribution in [0.2, 0.25) is 0 Å². The molecule has 9 heteroatoms. The lowest BCUT2D eigenvalue weighted by atomic mass is 9.96. The molecule has 1 aromatic heterocycles. The Morgan fingerprint density at radius 3 is 2.69 bits per heavy atom. The van der Waals surface area contributed by atoms with E-state index in [1.54, 1.807) is 4.90 Å². The summed E-state index contributed by atoms with van der Waals surface area (Å²) in [4.78, 5) is 20.9. The highest BCUT2D eigenvalue weighted by atomic mass is 19.4. The number of hydrogen-bond donors (Lipinski definition) is 1. The molecule has 0 radical (unpaired) electrons. The molecule has 4 rings (SSSR count). The molecular formula is C23H27F3N4O2. The van der Waals surface area contributed by atoms with Crippen LogP contribution in [0.5, 0.6) is 0 Å². The largest absolute Gasteiger partial charge is 0.419 e. The Kier molecular flexibility index (Phi) is 6.95. The summed E-state index contributed by atoms with van der Waals surface area (Å²) < 4.78 is 45.7. The van der Waals surface area contributed by atoms with E-state index in [-0.39, 0.29) is 18.3 Å². The van der Waals surface area contributed by atoms with E-state index in [4.69, 9.17) is 4.74 Å². The summed E-state index contributed by atoms with van der Waals surface area (Å²) in [5.74, 6) is -0.692. The molecule has 2 aliphatic rings. The normalized spacial score (nSPS) is 20.2. The Bertz CT molecular complexity index is 931. The molecule has 1 unspecified atom stereocenters. The summed E-state index contributed by atoms with van der Waals surface area (Å²) >= 11 is 0. The molecule has 2 aliphatic heterocycles. The van der Waals surface area contributed by atoms with E-state index in [1.807, 2.05) is 24.3 Å². The first-order chi connectivity index (χ1) is 15.4. The highest BCUT2D eigenvalue weighted by molar-refractivity contribution is 5.93. The van der Waals surface area contributed by atoms with Crippen molar-refractivity contribution in [2.75, 3.05) is 49.6 Å². The van der Waals surface area contributed by atoms with Crippen LogP contribution in [0.25, 0.3) is 0 Å². The number of ether oxygens (including phenoxy) is 1. The quantitative estimate of drug-likeness (QED) is 0.755. The van der Waals surface area contributed by atoms with Crippen molar-refractivity contribution in [1.29, 1.82) is 0 Å². The van der Waals surface area contributed by atoms with Crippen molar-refractivity contribution in [3.05, 3.63) is 53.7 Å². The molecule has 2 aromatic rings. The number of carbonyl (C=O) groups is 1. The number of alkyl halides is 3. The number of pyridine rings is 1. The highest BCUT2D eigenvalue weighted by Crippen LogP contribution is 2.36. The van der Waals surface area contributed by atoms with Gasteiger partial charge in [0.05, 0.1) is 24.7 Å². The molecule has 1 atom stereocenters. The number of anilines is 2. The predicted molar refractivity (Wildman–Crippen MR) is 115 cm³/mol. The maximum atomic E-state index is 13.4. The molecule has 1 N–H and O–H groups in total. The van der Waals surface area contributed by atoms with E-state index in [2.05, 4.69) is 15.2 Å². The summed E-state index contributed by atoms with van der Waals surface area (Å²) in [7, 11) is 0. The number of amides is 1. The molecule has 0 saturated carbocycles. The fraction of sp³-hybridized carbons (Fsp3) is 0.478. The number of halogens is 3. The first-order valence-corrected chi connectivity index (χ1v) is 10.9. The van der Waals surface area contributed by atoms with Gasteiger partial charge in [-0.05, 0) is 36.6 Å². The Hall–Kier alpha value is -2.65. The third-order valence-electron chi connectivity index (χ3n) is 5.96. The van der Waals surface area contributed by atoms with Crippen LogP contribution in [0, 0.1) is 5.92 Å². The van der Waals surface area contributed by atoms with Gasteiger partial charge in [-0.1, -0.05) is 18.2 Å². The molecular weight excluding hydrogens is 421 g/mol. The van der Waals surface area contributed by atoms with Gasteiger partial charge in [0.15, 0.2) is 0 Å². The van der Waals surface area contributed by atoms with Crippen molar-refractivity contribution < 1.29 is 22.7 Å². The lowest BCUT2D eigenvalue weighted by Gasteiger charge is -2.34. The molecule has 6 nitrogen and oxygen atoms in total. The number of aromatic nitrogens is 1. The number of piperidine rings is 1. The molecule has 1 aromatic carbocycles.